The minimum atomic E-state index is -0.229. The molecule has 0 amide bonds. The topological polar surface area (TPSA) is 4.93 Å². The lowest BCUT2D eigenvalue weighted by atomic mass is 9.67. The molecule has 0 unspecified atom stereocenters. The molecular formula is C59H39N. The van der Waals surface area contributed by atoms with Gasteiger partial charge in [-0.2, -0.15) is 0 Å². The minimum absolute atomic E-state index is 0.229. The third-order valence-electron chi connectivity index (χ3n) is 13.7. The highest BCUT2D eigenvalue weighted by molar-refractivity contribution is 6.29. The Morgan fingerprint density at radius 2 is 0.817 bits per heavy atom. The summed E-state index contributed by atoms with van der Waals surface area (Å²) in [5.74, 6) is 0. The number of aromatic nitrogens is 1. The Morgan fingerprint density at radius 3 is 1.48 bits per heavy atom. The van der Waals surface area contributed by atoms with Gasteiger partial charge in [0.2, 0.25) is 0 Å². The van der Waals surface area contributed by atoms with Crippen molar-refractivity contribution in [2.75, 3.05) is 0 Å². The smallest absolute Gasteiger partial charge is 0.0541 e. The Bertz CT molecular complexity index is 3500. The molecule has 1 aromatic heterocycles. The van der Waals surface area contributed by atoms with Crippen LogP contribution in [0.5, 0.6) is 0 Å². The first kappa shape index (κ1) is 33.5. The van der Waals surface area contributed by atoms with E-state index in [1.54, 1.807) is 0 Å². The van der Waals surface area contributed by atoms with E-state index >= 15 is 0 Å². The van der Waals surface area contributed by atoms with E-state index in [1.165, 1.54) is 127 Å². The third kappa shape index (κ3) is 4.47. The van der Waals surface area contributed by atoms with E-state index in [0.717, 1.165) is 0 Å². The highest BCUT2D eigenvalue weighted by Crippen LogP contribution is 2.61. The molecule has 1 nitrogen and oxygen atoms in total. The monoisotopic (exact) mass is 761 g/mol. The average Bonchev–Trinajstić information content (AvgIpc) is 3.82. The van der Waals surface area contributed by atoms with Crippen LogP contribution < -0.4 is 0 Å². The average molecular weight is 762 g/mol. The van der Waals surface area contributed by atoms with E-state index in [-0.39, 0.29) is 5.41 Å². The number of nitrogens with zero attached hydrogens (tertiary/aromatic N) is 1. The first-order valence-electron chi connectivity index (χ1n) is 21.1. The van der Waals surface area contributed by atoms with Gasteiger partial charge in [0.05, 0.1) is 11.0 Å². The number of hydrogen-bond donors (Lipinski definition) is 0. The number of rotatable bonds is 4. The van der Waals surface area contributed by atoms with Crippen LogP contribution in [0.25, 0.3) is 116 Å². The predicted molar refractivity (Wildman–Crippen MR) is 254 cm³/mol. The fourth-order valence-corrected chi connectivity index (χ4v) is 11.1. The first-order chi connectivity index (χ1) is 29.6. The van der Waals surface area contributed by atoms with E-state index < -0.39 is 0 Å². The quantitative estimate of drug-likeness (QED) is 0.168. The van der Waals surface area contributed by atoms with Gasteiger partial charge >= 0.3 is 0 Å². The number of benzene rings is 10. The summed E-state index contributed by atoms with van der Waals surface area (Å²) < 4.78 is 2.39. The normalized spacial score (nSPS) is 13.3. The molecule has 0 spiro atoms. The van der Waals surface area contributed by atoms with Crippen LogP contribution in [-0.4, -0.2) is 4.57 Å². The molecule has 13 rings (SSSR count). The SMILES string of the molecule is CC1(C)c2cc(-c3ccc4c(c3)c3ccccc3n4-c3ccccc3)ccc2-c2ccc3c4c(ccc1c24)-c1c-3c(-c2ccccc2)c2ccccc2c1-c1ccccc1. The van der Waals surface area contributed by atoms with Crippen molar-refractivity contribution in [2.45, 2.75) is 19.3 Å². The van der Waals surface area contributed by atoms with Crippen LogP contribution in [0.15, 0.2) is 200 Å². The fourth-order valence-electron chi connectivity index (χ4n) is 11.1. The Hall–Kier alpha value is -7.48. The van der Waals surface area contributed by atoms with Crippen molar-refractivity contribution in [1.82, 2.24) is 4.57 Å². The number of para-hydroxylation sites is 2. The number of hydrogen-bond acceptors (Lipinski definition) is 0. The van der Waals surface area contributed by atoms with E-state index in [1.807, 2.05) is 0 Å². The van der Waals surface area contributed by atoms with Gasteiger partial charge in [-0.1, -0.05) is 178 Å². The van der Waals surface area contributed by atoms with Crippen molar-refractivity contribution in [1.29, 1.82) is 0 Å². The summed E-state index contributed by atoms with van der Waals surface area (Å²) >= 11 is 0. The van der Waals surface area contributed by atoms with Crippen molar-refractivity contribution in [3.63, 3.8) is 0 Å². The molecule has 10 aromatic carbocycles. The maximum atomic E-state index is 2.48. The summed E-state index contributed by atoms with van der Waals surface area (Å²) in [6.07, 6.45) is 0. The van der Waals surface area contributed by atoms with Crippen molar-refractivity contribution in [3.8, 4) is 72.4 Å². The zero-order valence-electron chi connectivity index (χ0n) is 33.5. The summed E-state index contributed by atoms with van der Waals surface area (Å²) in [6.45, 7) is 4.86. The van der Waals surface area contributed by atoms with E-state index in [0.29, 0.717) is 0 Å². The van der Waals surface area contributed by atoms with Gasteiger partial charge in [0.1, 0.15) is 0 Å². The van der Waals surface area contributed by atoms with Crippen LogP contribution in [0, 0.1) is 0 Å². The largest absolute Gasteiger partial charge is 0.309 e. The molecule has 0 saturated heterocycles. The summed E-state index contributed by atoms with van der Waals surface area (Å²) in [5.41, 5.74) is 21.8. The molecule has 0 saturated carbocycles. The molecule has 0 N–H and O–H groups in total. The molecule has 0 atom stereocenters. The van der Waals surface area contributed by atoms with Crippen LogP contribution in [0.3, 0.4) is 0 Å². The maximum absolute atomic E-state index is 2.48. The number of fused-ring (bicyclic) bond motifs is 9. The summed E-state index contributed by atoms with van der Waals surface area (Å²) in [7, 11) is 0. The third-order valence-corrected chi connectivity index (χ3v) is 13.7. The lowest BCUT2D eigenvalue weighted by Crippen LogP contribution is -2.23. The molecule has 0 aliphatic heterocycles. The maximum Gasteiger partial charge on any atom is 0.0541 e. The molecule has 60 heavy (non-hydrogen) atoms. The van der Waals surface area contributed by atoms with Crippen molar-refractivity contribution >= 4 is 43.4 Å². The molecule has 0 fully saturated rings. The van der Waals surface area contributed by atoms with Crippen LogP contribution in [-0.2, 0) is 5.41 Å². The Morgan fingerprint density at radius 1 is 0.317 bits per heavy atom. The van der Waals surface area contributed by atoms with Gasteiger partial charge < -0.3 is 4.57 Å². The standard InChI is InChI=1S/C59H39N/c1-59(2)49-32-31-47-55-46(57-53(36-16-6-3-7-17-36)43-23-12-13-24-44(43)54(58(47)57)37-18-8-4-9-19-37)30-29-45(56(49)55)41-28-26-39(35-50(41)59)38-27-33-52-48(34-38)42-22-14-15-25-51(42)60(52)40-20-10-5-11-21-40/h3-35H,1-2H3. The van der Waals surface area contributed by atoms with Crippen LogP contribution in [0.1, 0.15) is 25.0 Å². The van der Waals surface area contributed by atoms with E-state index in [9.17, 15) is 0 Å². The van der Waals surface area contributed by atoms with Crippen LogP contribution in [0.4, 0.5) is 0 Å². The predicted octanol–water partition coefficient (Wildman–Crippen LogP) is 16.0. The molecule has 1 heterocycles. The van der Waals surface area contributed by atoms with Gasteiger partial charge in [0.15, 0.2) is 0 Å². The Balaban J connectivity index is 1.04. The van der Waals surface area contributed by atoms with Crippen LogP contribution in [0.2, 0.25) is 0 Å². The molecule has 0 bridgehead atoms. The summed E-state index contributed by atoms with van der Waals surface area (Å²) in [4.78, 5) is 0. The lowest BCUT2D eigenvalue weighted by molar-refractivity contribution is 0.645. The molecule has 0 radical (unpaired) electrons. The van der Waals surface area contributed by atoms with E-state index in [4.69, 9.17) is 0 Å². The summed E-state index contributed by atoms with van der Waals surface area (Å²) in [5, 5.41) is 7.90. The first-order valence-corrected chi connectivity index (χ1v) is 21.1. The zero-order chi connectivity index (χ0) is 39.7. The van der Waals surface area contributed by atoms with Gasteiger partial charge in [-0.05, 0) is 136 Å². The second-order valence-electron chi connectivity index (χ2n) is 17.2. The molecule has 2 aliphatic carbocycles. The van der Waals surface area contributed by atoms with Crippen molar-refractivity contribution in [2.24, 2.45) is 0 Å². The Kier molecular flexibility index (Phi) is 6.85. The molecule has 1 heteroatoms. The van der Waals surface area contributed by atoms with Gasteiger partial charge in [0.25, 0.3) is 0 Å². The molecule has 11 aromatic rings. The second-order valence-corrected chi connectivity index (χ2v) is 17.2. The molecule has 2 aliphatic rings. The van der Waals surface area contributed by atoms with Crippen LogP contribution >= 0.6 is 0 Å². The minimum Gasteiger partial charge on any atom is -0.309 e. The van der Waals surface area contributed by atoms with E-state index in [2.05, 4.69) is 219 Å². The fraction of sp³-hybridized carbons (Fsp3) is 0.0508. The summed E-state index contributed by atoms with van der Waals surface area (Å²) in [6, 6.07) is 74.6. The van der Waals surface area contributed by atoms with Gasteiger partial charge in [-0.3, -0.25) is 0 Å². The highest BCUT2D eigenvalue weighted by atomic mass is 15.0. The zero-order valence-corrected chi connectivity index (χ0v) is 33.5. The molecule has 280 valence electrons. The van der Waals surface area contributed by atoms with Gasteiger partial charge in [0, 0.05) is 21.9 Å². The van der Waals surface area contributed by atoms with Gasteiger partial charge in [-0.15, -0.1) is 0 Å². The molecular weight excluding hydrogens is 723 g/mol. The Labute approximate surface area is 349 Å². The van der Waals surface area contributed by atoms with Crippen molar-refractivity contribution in [3.05, 3.63) is 211 Å². The van der Waals surface area contributed by atoms with Crippen molar-refractivity contribution < 1.29 is 0 Å². The highest BCUT2D eigenvalue weighted by Gasteiger charge is 2.38. The van der Waals surface area contributed by atoms with Gasteiger partial charge in [-0.25, -0.2) is 0 Å². The lowest BCUT2D eigenvalue weighted by Gasteiger charge is -2.36. The second kappa shape index (κ2) is 12.3.